The number of fused-ring (bicyclic) bond motifs is 1. The molecule has 0 unspecified atom stereocenters. The second-order valence-corrected chi connectivity index (χ2v) is 7.18. The van der Waals surface area contributed by atoms with Gasteiger partial charge in [0.1, 0.15) is 0 Å². The lowest BCUT2D eigenvalue weighted by Gasteiger charge is -2.31. The number of aliphatic carboxylic acids is 4. The van der Waals surface area contributed by atoms with E-state index < -0.39 is 23.9 Å². The maximum absolute atomic E-state index is 12.3. The molecule has 1 aliphatic heterocycles. The molecule has 0 spiro atoms. The number of nitrogens with zero attached hydrogens (tertiary/aromatic N) is 3. The predicted molar refractivity (Wildman–Crippen MR) is 120 cm³/mol. The molecule has 0 atom stereocenters. The third-order valence-corrected chi connectivity index (χ3v) is 4.45. The topological polar surface area (TPSA) is 198 Å². The van der Waals surface area contributed by atoms with E-state index in [4.69, 9.17) is 39.6 Å². The van der Waals surface area contributed by atoms with E-state index in [9.17, 15) is 4.79 Å². The maximum Gasteiger partial charge on any atom is 0.414 e. The number of carboxylic acids is 4. The number of carbonyl (C=O) groups is 5. The molecule has 184 valence electrons. The van der Waals surface area contributed by atoms with Crippen molar-refractivity contribution in [2.75, 3.05) is 45.1 Å². The number of hydrogen-bond acceptors (Lipinski definition) is 8. The Balaban J connectivity index is 0.000000401. The highest BCUT2D eigenvalue weighted by atomic mass is 16.4. The lowest BCUT2D eigenvalue weighted by atomic mass is 10.1. The summed E-state index contributed by atoms with van der Waals surface area (Å²) in [6.45, 7) is 6.32. The number of carbonyl (C=O) groups excluding carboxylic acids is 1. The van der Waals surface area contributed by atoms with Crippen molar-refractivity contribution in [1.29, 1.82) is 0 Å². The number of amides is 1. The van der Waals surface area contributed by atoms with E-state index in [0.29, 0.717) is 6.54 Å². The van der Waals surface area contributed by atoms with Crippen molar-refractivity contribution >= 4 is 46.4 Å². The van der Waals surface area contributed by atoms with E-state index in [-0.39, 0.29) is 5.91 Å². The summed E-state index contributed by atoms with van der Waals surface area (Å²) in [4.78, 5) is 57.7. The Morgan fingerprint density at radius 3 is 1.88 bits per heavy atom. The van der Waals surface area contributed by atoms with Gasteiger partial charge in [0.25, 0.3) is 0 Å². The molecule has 0 radical (unpaired) electrons. The van der Waals surface area contributed by atoms with Crippen molar-refractivity contribution in [3.8, 4) is 0 Å². The summed E-state index contributed by atoms with van der Waals surface area (Å²) < 4.78 is 0. The number of hydrogen-bond donors (Lipinski definition) is 5. The van der Waals surface area contributed by atoms with Gasteiger partial charge in [-0.25, -0.2) is 19.2 Å². The highest BCUT2D eigenvalue weighted by Gasteiger charge is 2.17. The molecule has 1 fully saturated rings. The van der Waals surface area contributed by atoms with Crippen molar-refractivity contribution in [1.82, 2.24) is 14.8 Å². The van der Waals surface area contributed by atoms with Crippen LogP contribution in [-0.4, -0.2) is 105 Å². The molecular weight excluding hydrogens is 452 g/mol. The third-order valence-electron chi connectivity index (χ3n) is 4.45. The number of nitrogens with one attached hydrogen (secondary N) is 1. The Morgan fingerprint density at radius 1 is 0.882 bits per heavy atom. The fourth-order valence-corrected chi connectivity index (χ4v) is 2.81. The van der Waals surface area contributed by atoms with Gasteiger partial charge < -0.3 is 30.6 Å². The van der Waals surface area contributed by atoms with Gasteiger partial charge in [-0.1, -0.05) is 18.2 Å². The van der Waals surface area contributed by atoms with Gasteiger partial charge in [-0.15, -0.1) is 0 Å². The highest BCUT2D eigenvalue weighted by molar-refractivity contribution is 6.27. The lowest BCUT2D eigenvalue weighted by molar-refractivity contribution is -0.159. The summed E-state index contributed by atoms with van der Waals surface area (Å²) in [5.74, 6) is -7.25. The van der Waals surface area contributed by atoms with Gasteiger partial charge in [0, 0.05) is 37.3 Å². The molecule has 13 nitrogen and oxygen atoms in total. The summed E-state index contributed by atoms with van der Waals surface area (Å²) in [5, 5.41) is 33.6. The van der Waals surface area contributed by atoms with Crippen LogP contribution < -0.4 is 5.32 Å². The van der Waals surface area contributed by atoms with Crippen molar-refractivity contribution < 1.29 is 44.4 Å². The minimum Gasteiger partial charge on any atom is -0.473 e. The fourth-order valence-electron chi connectivity index (χ4n) is 2.81. The van der Waals surface area contributed by atoms with Crippen LogP contribution in [0.5, 0.6) is 0 Å². The standard InChI is InChI=1S/C17H22N4O.2C2H2O4/c1-13-11-16(14-5-3-4-6-15(14)18-13)19-17(22)12-21-9-7-20(2)8-10-21;2*3-1(4)2(5)6/h3-6,11H,7-10,12H2,1-2H3,(H,18,19,22);2*(H,3,4)(H,5,6). The zero-order chi connectivity index (χ0) is 25.8. The first kappa shape index (κ1) is 27.9. The Morgan fingerprint density at radius 2 is 1.38 bits per heavy atom. The summed E-state index contributed by atoms with van der Waals surface area (Å²) in [6.07, 6.45) is 0. The minimum atomic E-state index is -1.82. The first-order chi connectivity index (χ1) is 15.9. The number of carboxylic acid groups (broad SMARTS) is 4. The molecule has 5 N–H and O–H groups in total. The van der Waals surface area contributed by atoms with E-state index >= 15 is 0 Å². The van der Waals surface area contributed by atoms with Gasteiger partial charge in [0.15, 0.2) is 0 Å². The zero-order valence-corrected chi connectivity index (χ0v) is 18.6. The van der Waals surface area contributed by atoms with Gasteiger partial charge in [-0.05, 0) is 26.1 Å². The largest absolute Gasteiger partial charge is 0.473 e. The van der Waals surface area contributed by atoms with Crippen LogP contribution in [0.1, 0.15) is 5.69 Å². The van der Waals surface area contributed by atoms with Crippen LogP contribution in [0.4, 0.5) is 5.69 Å². The van der Waals surface area contributed by atoms with Crippen molar-refractivity contribution in [2.45, 2.75) is 6.92 Å². The van der Waals surface area contributed by atoms with Gasteiger partial charge in [-0.3, -0.25) is 14.7 Å². The summed E-state index contributed by atoms with van der Waals surface area (Å²) in [5.41, 5.74) is 2.67. The van der Waals surface area contributed by atoms with Crippen LogP contribution in [0.3, 0.4) is 0 Å². The van der Waals surface area contributed by atoms with Crippen LogP contribution in [0.25, 0.3) is 10.9 Å². The number of rotatable bonds is 3. The van der Waals surface area contributed by atoms with Crippen molar-refractivity contribution in [3.63, 3.8) is 0 Å². The molecule has 2 heterocycles. The Labute approximate surface area is 194 Å². The normalized spacial score (nSPS) is 13.5. The molecule has 2 aromatic rings. The number of likely N-dealkylation sites (N-methyl/N-ethyl adjacent to an activating group) is 1. The molecule has 1 amide bonds. The molecule has 34 heavy (non-hydrogen) atoms. The van der Waals surface area contributed by atoms with Crippen LogP contribution in [0.15, 0.2) is 30.3 Å². The number of benzene rings is 1. The number of pyridine rings is 1. The Kier molecular flexibility index (Phi) is 11.0. The maximum atomic E-state index is 12.3. The number of aromatic nitrogens is 1. The Hall–Kier alpha value is -4.10. The molecule has 0 saturated carbocycles. The molecule has 3 rings (SSSR count). The summed E-state index contributed by atoms with van der Waals surface area (Å²) in [6, 6.07) is 9.83. The number of piperazine rings is 1. The average molecular weight is 478 g/mol. The monoisotopic (exact) mass is 478 g/mol. The van der Waals surface area contributed by atoms with Crippen molar-refractivity contribution in [2.24, 2.45) is 0 Å². The van der Waals surface area contributed by atoms with E-state index in [0.717, 1.165) is 48.5 Å². The molecule has 1 aliphatic rings. The molecule has 13 heteroatoms. The highest BCUT2D eigenvalue weighted by Crippen LogP contribution is 2.22. The molecular formula is C21H26N4O9. The van der Waals surface area contributed by atoms with E-state index in [2.05, 4.69) is 27.1 Å². The number of anilines is 1. The first-order valence-corrected chi connectivity index (χ1v) is 9.90. The molecule has 0 bridgehead atoms. The fraction of sp³-hybridized carbons (Fsp3) is 0.333. The number of aryl methyl sites for hydroxylation is 1. The van der Waals surface area contributed by atoms with E-state index in [1.165, 1.54) is 0 Å². The third kappa shape index (κ3) is 10.0. The van der Waals surface area contributed by atoms with Gasteiger partial charge >= 0.3 is 23.9 Å². The molecule has 1 aromatic heterocycles. The first-order valence-electron chi connectivity index (χ1n) is 9.90. The minimum absolute atomic E-state index is 0.0420. The second kappa shape index (κ2) is 13.4. The van der Waals surface area contributed by atoms with Gasteiger partial charge in [0.2, 0.25) is 5.91 Å². The molecule has 0 aliphatic carbocycles. The predicted octanol–water partition coefficient (Wildman–Crippen LogP) is 0.0403. The lowest BCUT2D eigenvalue weighted by Crippen LogP contribution is -2.47. The van der Waals surface area contributed by atoms with Crippen LogP contribution in [-0.2, 0) is 24.0 Å². The average Bonchev–Trinajstić information content (AvgIpc) is 2.76. The van der Waals surface area contributed by atoms with Crippen LogP contribution in [0, 0.1) is 6.92 Å². The van der Waals surface area contributed by atoms with E-state index in [1.807, 2.05) is 37.3 Å². The van der Waals surface area contributed by atoms with Crippen LogP contribution in [0.2, 0.25) is 0 Å². The van der Waals surface area contributed by atoms with Gasteiger partial charge in [-0.2, -0.15) is 0 Å². The second-order valence-electron chi connectivity index (χ2n) is 7.18. The smallest absolute Gasteiger partial charge is 0.414 e. The van der Waals surface area contributed by atoms with Gasteiger partial charge in [0.05, 0.1) is 17.7 Å². The van der Waals surface area contributed by atoms with Crippen LogP contribution >= 0.6 is 0 Å². The number of para-hydroxylation sites is 1. The molecule has 1 aromatic carbocycles. The van der Waals surface area contributed by atoms with Crippen molar-refractivity contribution in [3.05, 3.63) is 36.0 Å². The quantitative estimate of drug-likeness (QED) is 0.372. The SMILES string of the molecule is Cc1cc(NC(=O)CN2CCN(C)CC2)c2ccccc2n1.O=C(O)C(=O)O.O=C(O)C(=O)O. The Bertz CT molecular complexity index is 1000. The zero-order valence-electron chi connectivity index (χ0n) is 18.6. The summed E-state index contributed by atoms with van der Waals surface area (Å²) in [7, 11) is 2.11. The molecule has 1 saturated heterocycles. The summed E-state index contributed by atoms with van der Waals surface area (Å²) >= 11 is 0. The van der Waals surface area contributed by atoms with E-state index in [1.54, 1.807) is 0 Å².